The molecule has 0 radical (unpaired) electrons. The Hall–Kier alpha value is -2.05. The Morgan fingerprint density at radius 1 is 1.06 bits per heavy atom. The van der Waals surface area contributed by atoms with Crippen LogP contribution in [-0.4, -0.2) is 36.1 Å². The zero-order valence-corrected chi connectivity index (χ0v) is 21.6. The first-order chi connectivity index (χ1) is 15.3. The van der Waals surface area contributed by atoms with Gasteiger partial charge < -0.3 is 4.90 Å². The van der Waals surface area contributed by atoms with Gasteiger partial charge in [0, 0.05) is 24.6 Å². The number of carbonyl (C=O) groups excluding carboxylic acids is 1. The third kappa shape index (κ3) is 4.96. The van der Waals surface area contributed by atoms with Crippen LogP contribution in [0.3, 0.4) is 0 Å². The molecular weight excluding hydrogens is 482 g/mol. The minimum absolute atomic E-state index is 0.0808. The van der Waals surface area contributed by atoms with Gasteiger partial charge in [0.05, 0.1) is 16.3 Å². The molecule has 0 atom stereocenters. The first kappa shape index (κ1) is 23.1. The minimum atomic E-state index is 0.0808. The summed E-state index contributed by atoms with van der Waals surface area (Å²) in [4.78, 5) is 23.2. The number of anilines is 1. The van der Waals surface area contributed by atoms with E-state index in [0.29, 0.717) is 0 Å². The van der Waals surface area contributed by atoms with Crippen LogP contribution >= 0.6 is 27.7 Å². The van der Waals surface area contributed by atoms with Crippen LogP contribution in [0.4, 0.5) is 11.4 Å². The Bertz CT molecular complexity index is 1090. The number of halogens is 1. The highest BCUT2D eigenvalue weighted by atomic mass is 79.9. The summed E-state index contributed by atoms with van der Waals surface area (Å²) in [5, 5.41) is 0.806. The summed E-state index contributed by atoms with van der Waals surface area (Å²) in [7, 11) is 4.04. The monoisotopic (exact) mass is 511 g/mol. The minimum Gasteiger partial charge on any atom is -0.377 e. The third-order valence-electron chi connectivity index (χ3n) is 6.24. The van der Waals surface area contributed by atoms with Crippen molar-refractivity contribution in [1.29, 1.82) is 0 Å². The Kier molecular flexibility index (Phi) is 7.11. The lowest BCUT2D eigenvalue weighted by atomic mass is 9.94. The van der Waals surface area contributed by atoms with Crippen LogP contribution in [0.1, 0.15) is 48.8 Å². The quantitative estimate of drug-likeness (QED) is 0.411. The van der Waals surface area contributed by atoms with Crippen molar-refractivity contribution in [3.05, 3.63) is 62.5 Å². The number of amidine groups is 1. The van der Waals surface area contributed by atoms with Crippen molar-refractivity contribution >= 4 is 56.2 Å². The normalized spacial score (nSPS) is 19.9. The lowest BCUT2D eigenvalue weighted by Crippen LogP contribution is -2.40. The molecule has 0 unspecified atom stereocenters. The van der Waals surface area contributed by atoms with Gasteiger partial charge in [-0.05, 0) is 101 Å². The standard InChI is InChI=1S/C26H30BrN3OS/c1-17-10-12-20(14-18(17)2)28-26-30(21-8-6-5-7-9-21)25(31)24(32-26)16-19-11-13-23(29(3)4)22(27)15-19/h10-16,21H,5-9H2,1-4H3. The van der Waals surface area contributed by atoms with Crippen LogP contribution in [0.5, 0.6) is 0 Å². The molecule has 1 heterocycles. The lowest BCUT2D eigenvalue weighted by molar-refractivity contribution is -0.124. The Balaban J connectivity index is 1.70. The highest BCUT2D eigenvalue weighted by Gasteiger charge is 2.38. The first-order valence-corrected chi connectivity index (χ1v) is 12.8. The highest BCUT2D eigenvalue weighted by molar-refractivity contribution is 9.10. The second-order valence-corrected chi connectivity index (χ2v) is 10.7. The summed E-state index contributed by atoms with van der Waals surface area (Å²) in [5.74, 6) is 0.0808. The van der Waals surface area contributed by atoms with Crippen molar-refractivity contribution in [3.8, 4) is 0 Å². The van der Waals surface area contributed by atoms with Gasteiger partial charge in [0.15, 0.2) is 5.17 Å². The van der Waals surface area contributed by atoms with Gasteiger partial charge in [0.25, 0.3) is 5.91 Å². The van der Waals surface area contributed by atoms with Crippen molar-refractivity contribution in [2.45, 2.75) is 52.0 Å². The second-order valence-electron chi connectivity index (χ2n) is 8.85. The molecule has 0 bridgehead atoms. The maximum Gasteiger partial charge on any atom is 0.267 e. The maximum absolute atomic E-state index is 13.5. The number of carbonyl (C=O) groups is 1. The summed E-state index contributed by atoms with van der Waals surface area (Å²) < 4.78 is 1.01. The zero-order chi connectivity index (χ0) is 22.8. The molecule has 0 spiro atoms. The molecule has 1 saturated carbocycles. The van der Waals surface area contributed by atoms with E-state index in [1.54, 1.807) is 0 Å². The number of nitrogens with zero attached hydrogens (tertiary/aromatic N) is 3. The van der Waals surface area contributed by atoms with Crippen molar-refractivity contribution < 1.29 is 4.79 Å². The number of aryl methyl sites for hydroxylation is 2. The third-order valence-corrected chi connectivity index (χ3v) is 7.86. The Morgan fingerprint density at radius 2 is 1.81 bits per heavy atom. The molecule has 0 N–H and O–H groups in total. The van der Waals surface area contributed by atoms with Gasteiger partial charge in [-0.3, -0.25) is 9.69 Å². The van der Waals surface area contributed by atoms with Crippen LogP contribution in [0.25, 0.3) is 6.08 Å². The fraction of sp³-hybridized carbons (Fsp3) is 0.385. The van der Waals surface area contributed by atoms with Gasteiger partial charge in [0.1, 0.15) is 0 Å². The second kappa shape index (κ2) is 9.84. The molecule has 2 aromatic rings. The van der Waals surface area contributed by atoms with Crippen LogP contribution in [0.15, 0.2) is 50.8 Å². The number of benzene rings is 2. The van der Waals surface area contributed by atoms with E-state index in [1.165, 1.54) is 42.2 Å². The lowest BCUT2D eigenvalue weighted by Gasteiger charge is -2.30. The number of rotatable bonds is 4. The van der Waals surface area contributed by atoms with Gasteiger partial charge in [-0.1, -0.05) is 31.4 Å². The molecule has 0 aromatic heterocycles. The first-order valence-electron chi connectivity index (χ1n) is 11.2. The van der Waals surface area contributed by atoms with Crippen molar-refractivity contribution in [3.63, 3.8) is 0 Å². The summed E-state index contributed by atoms with van der Waals surface area (Å²) in [6.45, 7) is 4.21. The number of thioether (sulfide) groups is 1. The SMILES string of the molecule is Cc1ccc(N=C2SC(=Cc3ccc(N(C)C)c(Br)c3)C(=O)N2C2CCCCC2)cc1C. The largest absolute Gasteiger partial charge is 0.377 e. The fourth-order valence-electron chi connectivity index (χ4n) is 4.26. The summed E-state index contributed by atoms with van der Waals surface area (Å²) in [5.41, 5.74) is 5.49. The number of hydrogen-bond acceptors (Lipinski definition) is 4. The molecule has 168 valence electrons. The van der Waals surface area contributed by atoms with Crippen LogP contribution in [0.2, 0.25) is 0 Å². The van der Waals surface area contributed by atoms with E-state index in [9.17, 15) is 4.79 Å². The van der Waals surface area contributed by atoms with Crippen LogP contribution < -0.4 is 4.90 Å². The highest BCUT2D eigenvalue weighted by Crippen LogP contribution is 2.39. The molecule has 1 aliphatic heterocycles. The fourth-order valence-corrected chi connectivity index (χ4v) is 6.07. The van der Waals surface area contributed by atoms with Crippen molar-refractivity contribution in [2.24, 2.45) is 4.99 Å². The topological polar surface area (TPSA) is 35.9 Å². The van der Waals surface area contributed by atoms with Crippen LogP contribution in [-0.2, 0) is 4.79 Å². The summed E-state index contributed by atoms with van der Waals surface area (Å²) in [6, 6.07) is 12.7. The predicted molar refractivity (Wildman–Crippen MR) is 141 cm³/mol. The van der Waals surface area contributed by atoms with Crippen molar-refractivity contribution in [2.75, 3.05) is 19.0 Å². The van der Waals surface area contributed by atoms with Gasteiger partial charge in [-0.15, -0.1) is 0 Å². The maximum atomic E-state index is 13.5. The van der Waals surface area contributed by atoms with E-state index < -0.39 is 0 Å². The van der Waals surface area contributed by atoms with Crippen LogP contribution in [0, 0.1) is 13.8 Å². The molecule has 2 aromatic carbocycles. The van der Waals surface area contributed by atoms with Gasteiger partial charge in [-0.2, -0.15) is 0 Å². The predicted octanol–water partition coefficient (Wildman–Crippen LogP) is 7.07. The van der Waals surface area contributed by atoms with Gasteiger partial charge >= 0.3 is 0 Å². The van der Waals surface area contributed by atoms with Crippen molar-refractivity contribution in [1.82, 2.24) is 4.90 Å². The molecule has 2 fully saturated rings. The Labute approximate surface area is 203 Å². The Morgan fingerprint density at radius 3 is 2.47 bits per heavy atom. The van der Waals surface area contributed by atoms with Gasteiger partial charge in [0.2, 0.25) is 0 Å². The zero-order valence-electron chi connectivity index (χ0n) is 19.2. The molecule has 1 aliphatic carbocycles. The molecular formula is C26H30BrN3OS. The average Bonchev–Trinajstić information content (AvgIpc) is 3.05. The molecule has 6 heteroatoms. The average molecular weight is 513 g/mol. The molecule has 4 nitrogen and oxygen atoms in total. The van der Waals surface area contributed by atoms with E-state index in [0.717, 1.165) is 44.3 Å². The molecule has 1 saturated heterocycles. The summed E-state index contributed by atoms with van der Waals surface area (Å²) >= 11 is 5.16. The molecule has 2 aliphatic rings. The van der Waals surface area contributed by atoms with E-state index in [-0.39, 0.29) is 11.9 Å². The van der Waals surface area contributed by atoms with E-state index in [1.807, 2.05) is 31.1 Å². The number of aliphatic imine (C=N–C) groups is 1. The van der Waals surface area contributed by atoms with Gasteiger partial charge in [-0.25, -0.2) is 4.99 Å². The van der Waals surface area contributed by atoms with E-state index in [4.69, 9.17) is 4.99 Å². The van der Waals surface area contributed by atoms with E-state index >= 15 is 0 Å². The van der Waals surface area contributed by atoms with E-state index in [2.05, 4.69) is 65.0 Å². The molecule has 4 rings (SSSR count). The summed E-state index contributed by atoms with van der Waals surface area (Å²) in [6.07, 6.45) is 7.70. The smallest absolute Gasteiger partial charge is 0.267 e. The molecule has 32 heavy (non-hydrogen) atoms. The number of amides is 1. The number of hydrogen-bond donors (Lipinski definition) is 0. The molecule has 1 amide bonds.